The summed E-state index contributed by atoms with van der Waals surface area (Å²) in [5.41, 5.74) is -1.23. The van der Waals surface area contributed by atoms with Crippen molar-refractivity contribution in [2.24, 2.45) is 13.0 Å². The van der Waals surface area contributed by atoms with Gasteiger partial charge in [-0.05, 0) is 19.3 Å². The molecule has 3 amide bonds. The lowest BCUT2D eigenvalue weighted by Crippen LogP contribution is -2.42. The largest absolute Gasteiger partial charge is 0.348 e. The summed E-state index contributed by atoms with van der Waals surface area (Å²) in [5.74, 6) is -9.51. The first-order chi connectivity index (χ1) is 16.9. The van der Waals surface area contributed by atoms with Gasteiger partial charge in [0.1, 0.15) is 10.6 Å². The van der Waals surface area contributed by atoms with Crippen LogP contribution in [0.5, 0.6) is 0 Å². The predicted molar refractivity (Wildman–Crippen MR) is 118 cm³/mol. The Morgan fingerprint density at radius 1 is 1.03 bits per heavy atom. The van der Waals surface area contributed by atoms with E-state index in [-0.39, 0.29) is 32.1 Å². The molecule has 196 valence electrons. The molecule has 10 nitrogen and oxygen atoms in total. The molecule has 0 bridgehead atoms. The van der Waals surface area contributed by atoms with Gasteiger partial charge in [0.2, 0.25) is 10.0 Å². The molecule has 1 saturated heterocycles. The van der Waals surface area contributed by atoms with Crippen LogP contribution in [-0.2, 0) is 26.7 Å². The monoisotopic (exact) mass is 533 g/mol. The number of amides is 3. The lowest BCUT2D eigenvalue weighted by atomic mass is 10.1. The van der Waals surface area contributed by atoms with Gasteiger partial charge in [0, 0.05) is 57.2 Å². The zero-order valence-corrected chi connectivity index (χ0v) is 20.0. The first-order valence-corrected chi connectivity index (χ1v) is 12.2. The molecule has 15 heteroatoms. The van der Waals surface area contributed by atoms with Crippen LogP contribution in [0.25, 0.3) is 0 Å². The highest BCUT2D eigenvalue weighted by Crippen LogP contribution is 2.28. The quantitative estimate of drug-likeness (QED) is 0.279. The highest BCUT2D eigenvalue weighted by Gasteiger charge is 2.37. The van der Waals surface area contributed by atoms with E-state index in [2.05, 4.69) is 10.6 Å². The fourth-order valence-electron chi connectivity index (χ4n) is 3.71. The van der Waals surface area contributed by atoms with Gasteiger partial charge in [0.15, 0.2) is 23.3 Å². The number of carbonyl (C=O) groups is 3. The highest BCUT2D eigenvalue weighted by atomic mass is 32.2. The third-order valence-electron chi connectivity index (χ3n) is 5.51. The van der Waals surface area contributed by atoms with Crippen molar-refractivity contribution in [2.75, 3.05) is 31.5 Å². The highest BCUT2D eigenvalue weighted by molar-refractivity contribution is 7.89. The first-order valence-electron chi connectivity index (χ1n) is 10.7. The molecule has 3 N–H and O–H groups in total. The Hall–Kier alpha value is -3.46. The van der Waals surface area contributed by atoms with Crippen molar-refractivity contribution >= 4 is 33.4 Å². The Balaban J connectivity index is 1.73. The molecular formula is C21H23F4N5O5S. The number of carbonyl (C=O) groups excluding carboxylic acids is 3. The summed E-state index contributed by atoms with van der Waals surface area (Å²) in [4.78, 5) is 34.9. The van der Waals surface area contributed by atoms with Crippen LogP contribution in [0.2, 0.25) is 0 Å². The minimum absolute atomic E-state index is 0.00796. The molecule has 0 unspecified atom stereocenters. The second-order valence-corrected chi connectivity index (χ2v) is 9.97. The number of nitrogens with zero attached hydrogens (tertiary/aromatic N) is 2. The maximum atomic E-state index is 15.1. The smallest absolute Gasteiger partial charge is 0.309 e. The predicted octanol–water partition coefficient (Wildman–Crippen LogP) is 1.10. The van der Waals surface area contributed by atoms with E-state index in [9.17, 15) is 36.0 Å². The second kappa shape index (κ2) is 10.7. The lowest BCUT2D eigenvalue weighted by molar-refractivity contribution is -0.139. The van der Waals surface area contributed by atoms with Gasteiger partial charge in [-0.1, -0.05) is 0 Å². The number of anilines is 1. The topological polar surface area (TPSA) is 130 Å². The normalized spacial score (nSPS) is 16.1. The molecule has 1 aliphatic rings. The molecule has 0 aliphatic carbocycles. The number of benzene rings is 1. The molecule has 0 saturated carbocycles. The van der Waals surface area contributed by atoms with E-state index in [1.807, 2.05) is 5.32 Å². The number of aryl methyl sites for hydroxylation is 1. The Morgan fingerprint density at radius 2 is 1.64 bits per heavy atom. The number of nitrogens with one attached hydrogen (secondary N) is 3. The average molecular weight is 534 g/mol. The molecule has 1 fully saturated rings. The van der Waals surface area contributed by atoms with Crippen LogP contribution in [0.1, 0.15) is 23.8 Å². The third-order valence-corrected chi connectivity index (χ3v) is 7.36. The van der Waals surface area contributed by atoms with Crippen molar-refractivity contribution < 1.29 is 40.4 Å². The van der Waals surface area contributed by atoms with Crippen LogP contribution >= 0.6 is 0 Å². The Labute approximate surface area is 203 Å². The van der Waals surface area contributed by atoms with E-state index in [0.717, 1.165) is 15.1 Å². The van der Waals surface area contributed by atoms with Gasteiger partial charge in [0.25, 0.3) is 5.91 Å². The number of rotatable bonds is 7. The molecule has 0 radical (unpaired) electrons. The van der Waals surface area contributed by atoms with Crippen molar-refractivity contribution in [1.29, 1.82) is 0 Å². The van der Waals surface area contributed by atoms with E-state index in [0.29, 0.717) is 18.6 Å². The number of hydrogen-bond acceptors (Lipinski definition) is 5. The molecule has 1 aromatic carbocycles. The summed E-state index contributed by atoms with van der Waals surface area (Å²) in [6, 6.07) is 0.980. The van der Waals surface area contributed by atoms with Gasteiger partial charge in [-0.15, -0.1) is 0 Å². The number of halogens is 4. The van der Waals surface area contributed by atoms with Crippen molar-refractivity contribution in [1.82, 2.24) is 19.5 Å². The fourth-order valence-corrected chi connectivity index (χ4v) is 5.35. The van der Waals surface area contributed by atoms with Gasteiger partial charge in [-0.3, -0.25) is 14.4 Å². The molecule has 36 heavy (non-hydrogen) atoms. The minimum Gasteiger partial charge on any atom is -0.348 e. The van der Waals surface area contributed by atoms with Crippen molar-refractivity contribution in [3.63, 3.8) is 0 Å². The summed E-state index contributed by atoms with van der Waals surface area (Å²) in [5, 5.41) is 6.76. The van der Waals surface area contributed by atoms with Gasteiger partial charge < -0.3 is 20.5 Å². The van der Waals surface area contributed by atoms with Gasteiger partial charge in [0.05, 0.1) is 0 Å². The zero-order chi connectivity index (χ0) is 26.8. The average Bonchev–Trinajstić information content (AvgIpc) is 3.40. The van der Waals surface area contributed by atoms with Crippen LogP contribution in [-0.4, -0.2) is 61.2 Å². The maximum absolute atomic E-state index is 15.1. The number of likely N-dealkylation sites (N-methyl/N-ethyl adjacent to an activating group) is 1. The first kappa shape index (κ1) is 27.1. The van der Waals surface area contributed by atoms with Gasteiger partial charge in [-0.2, -0.15) is 4.31 Å². The van der Waals surface area contributed by atoms with Gasteiger partial charge in [-0.25, -0.2) is 26.0 Å². The molecule has 1 atom stereocenters. The molecule has 3 rings (SSSR count). The maximum Gasteiger partial charge on any atom is 0.309 e. The Bertz CT molecular complexity index is 1290. The van der Waals surface area contributed by atoms with E-state index < -0.39 is 67.3 Å². The van der Waals surface area contributed by atoms with Gasteiger partial charge >= 0.3 is 11.8 Å². The molecule has 1 aliphatic heterocycles. The fraction of sp³-hybridized carbons (Fsp3) is 0.381. The van der Waals surface area contributed by atoms with Crippen molar-refractivity contribution in [3.05, 3.63) is 47.3 Å². The summed E-state index contributed by atoms with van der Waals surface area (Å²) in [6.45, 7) is 1.88. The van der Waals surface area contributed by atoms with Crippen LogP contribution in [0.4, 0.5) is 23.2 Å². The molecule has 0 spiro atoms. The van der Waals surface area contributed by atoms with E-state index in [1.54, 1.807) is 6.92 Å². The number of aromatic nitrogens is 1. The van der Waals surface area contributed by atoms with E-state index in [4.69, 9.17) is 0 Å². The second-order valence-electron chi connectivity index (χ2n) is 8.06. The molecule has 1 aromatic heterocycles. The van der Waals surface area contributed by atoms with E-state index in [1.165, 1.54) is 7.05 Å². The van der Waals surface area contributed by atoms with Crippen LogP contribution in [0.15, 0.2) is 23.2 Å². The number of hydrogen-bond donors (Lipinski definition) is 3. The van der Waals surface area contributed by atoms with Crippen LogP contribution < -0.4 is 16.0 Å². The minimum atomic E-state index is -4.40. The lowest BCUT2D eigenvalue weighted by Gasteiger charge is -2.16. The molecule has 2 heterocycles. The number of sulfonamides is 1. The van der Waals surface area contributed by atoms with E-state index >= 15 is 4.39 Å². The van der Waals surface area contributed by atoms with Crippen molar-refractivity contribution in [3.8, 4) is 0 Å². The summed E-state index contributed by atoms with van der Waals surface area (Å²) in [7, 11) is -3.20. The van der Waals surface area contributed by atoms with Crippen LogP contribution in [0, 0.1) is 29.2 Å². The molecular weight excluding hydrogens is 510 g/mol. The zero-order valence-electron chi connectivity index (χ0n) is 19.2. The third kappa shape index (κ3) is 5.51. The standard InChI is InChI=1S/C21H23F4N5O5S/c1-3-26-20(32)21(33)27-8-11-4-5-30(9-11)36(34,35)15-10-29(2)18(17(15)25)19(31)28-12-6-13(22)16(24)14(23)7-12/h6-7,10-11H,3-5,8-9H2,1-2H3,(H,26,32)(H,27,33)(H,28,31)/t11-/m0/s1. The van der Waals surface area contributed by atoms with Crippen LogP contribution in [0.3, 0.4) is 0 Å². The Morgan fingerprint density at radius 3 is 2.25 bits per heavy atom. The Kier molecular flexibility index (Phi) is 8.03. The van der Waals surface area contributed by atoms with Crippen molar-refractivity contribution in [2.45, 2.75) is 18.2 Å². The SMILES string of the molecule is CCNC(=O)C(=O)NC[C@@H]1CCN(S(=O)(=O)c2cn(C)c(C(=O)Nc3cc(F)c(F)c(F)c3)c2F)C1. The summed E-state index contributed by atoms with van der Waals surface area (Å²) in [6.07, 6.45) is 1.22. The summed E-state index contributed by atoms with van der Waals surface area (Å²) < 4.78 is 83.1. The molecule has 2 aromatic rings. The summed E-state index contributed by atoms with van der Waals surface area (Å²) >= 11 is 0.